The summed E-state index contributed by atoms with van der Waals surface area (Å²) in [6.07, 6.45) is 4.53. The van der Waals surface area contributed by atoms with E-state index in [2.05, 4.69) is 27.4 Å². The van der Waals surface area contributed by atoms with Gasteiger partial charge in [-0.25, -0.2) is 0 Å². The molecule has 3 heterocycles. The molecule has 0 saturated carbocycles. The summed E-state index contributed by atoms with van der Waals surface area (Å²) in [5, 5.41) is 7.25. The fourth-order valence-corrected chi connectivity index (χ4v) is 1.90. The third kappa shape index (κ3) is 1.82. The zero-order valence-corrected chi connectivity index (χ0v) is 9.68. The highest BCUT2D eigenvalue weighted by Gasteiger charge is 2.25. The molecule has 1 fully saturated rings. The molecule has 3 rings (SSSR count). The maximum Gasteiger partial charge on any atom is 0.232 e. The lowest BCUT2D eigenvalue weighted by atomic mass is 10.0. The molecule has 1 aliphatic heterocycles. The molecule has 0 bridgehead atoms. The standard InChI is InChI=1S/C12H14N4O/c1-2-8-5-13-4-3-10(8)11-15-12(17-16-11)9-6-14-7-9/h3-5,9,14H,2,6-7H2,1H3. The monoisotopic (exact) mass is 230 g/mol. The number of aryl methyl sites for hydroxylation is 1. The molecule has 0 unspecified atom stereocenters. The Bertz CT molecular complexity index is 519. The Hall–Kier alpha value is -1.75. The van der Waals surface area contributed by atoms with E-state index in [1.54, 1.807) is 6.20 Å². The Kier molecular flexibility index (Phi) is 2.60. The lowest BCUT2D eigenvalue weighted by molar-refractivity contribution is 0.308. The van der Waals surface area contributed by atoms with Crippen molar-refractivity contribution in [2.24, 2.45) is 0 Å². The average molecular weight is 230 g/mol. The summed E-state index contributed by atoms with van der Waals surface area (Å²) in [5.41, 5.74) is 2.16. The van der Waals surface area contributed by atoms with Crippen molar-refractivity contribution in [2.75, 3.05) is 13.1 Å². The lowest BCUT2D eigenvalue weighted by Crippen LogP contribution is -2.40. The topological polar surface area (TPSA) is 63.8 Å². The van der Waals surface area contributed by atoms with E-state index in [1.165, 1.54) is 0 Å². The molecule has 2 aromatic heterocycles. The third-order valence-corrected chi connectivity index (χ3v) is 3.10. The molecule has 5 heteroatoms. The van der Waals surface area contributed by atoms with Gasteiger partial charge in [-0.15, -0.1) is 0 Å². The van der Waals surface area contributed by atoms with Crippen molar-refractivity contribution in [3.05, 3.63) is 29.9 Å². The number of aromatic nitrogens is 3. The van der Waals surface area contributed by atoms with Gasteiger partial charge >= 0.3 is 0 Å². The van der Waals surface area contributed by atoms with Crippen LogP contribution in [0.3, 0.4) is 0 Å². The average Bonchev–Trinajstić information content (AvgIpc) is 2.76. The van der Waals surface area contributed by atoms with Crippen LogP contribution in [0.25, 0.3) is 11.4 Å². The highest BCUT2D eigenvalue weighted by atomic mass is 16.5. The van der Waals surface area contributed by atoms with Crippen LogP contribution in [0.4, 0.5) is 0 Å². The van der Waals surface area contributed by atoms with Gasteiger partial charge in [0.05, 0.1) is 5.92 Å². The van der Waals surface area contributed by atoms with E-state index in [1.807, 2.05) is 12.3 Å². The predicted octanol–water partition coefficient (Wildman–Crippen LogP) is 1.38. The van der Waals surface area contributed by atoms with Crippen LogP contribution in [-0.2, 0) is 6.42 Å². The van der Waals surface area contributed by atoms with Crippen molar-refractivity contribution in [1.82, 2.24) is 20.4 Å². The van der Waals surface area contributed by atoms with Crippen LogP contribution in [0, 0.1) is 0 Å². The van der Waals surface area contributed by atoms with Crippen LogP contribution in [0.15, 0.2) is 23.0 Å². The van der Waals surface area contributed by atoms with Crippen molar-refractivity contribution < 1.29 is 4.52 Å². The largest absolute Gasteiger partial charge is 0.339 e. The zero-order chi connectivity index (χ0) is 11.7. The minimum atomic E-state index is 0.378. The Morgan fingerprint density at radius 1 is 1.47 bits per heavy atom. The molecule has 0 amide bonds. The summed E-state index contributed by atoms with van der Waals surface area (Å²) in [6.45, 7) is 3.95. The van der Waals surface area contributed by atoms with Crippen LogP contribution < -0.4 is 5.32 Å². The van der Waals surface area contributed by atoms with Gasteiger partial charge in [0.25, 0.3) is 0 Å². The third-order valence-electron chi connectivity index (χ3n) is 3.10. The SMILES string of the molecule is CCc1cnccc1-c1noc(C2CNC2)n1. The number of nitrogens with one attached hydrogen (secondary N) is 1. The van der Waals surface area contributed by atoms with Crippen LogP contribution in [0.5, 0.6) is 0 Å². The fourth-order valence-electron chi connectivity index (χ4n) is 1.90. The molecule has 0 aromatic carbocycles. The Morgan fingerprint density at radius 3 is 3.06 bits per heavy atom. The smallest absolute Gasteiger partial charge is 0.232 e. The number of pyridine rings is 1. The van der Waals surface area contributed by atoms with Gasteiger partial charge in [-0.05, 0) is 18.1 Å². The summed E-state index contributed by atoms with van der Waals surface area (Å²) in [6, 6.07) is 1.94. The second-order valence-electron chi connectivity index (χ2n) is 4.20. The molecule has 88 valence electrons. The molecular formula is C12H14N4O. The minimum Gasteiger partial charge on any atom is -0.339 e. The number of rotatable bonds is 3. The predicted molar refractivity (Wildman–Crippen MR) is 62.5 cm³/mol. The number of hydrogen-bond donors (Lipinski definition) is 1. The summed E-state index contributed by atoms with van der Waals surface area (Å²) in [5.74, 6) is 1.78. The van der Waals surface area contributed by atoms with Crippen LogP contribution in [-0.4, -0.2) is 28.2 Å². The minimum absolute atomic E-state index is 0.378. The van der Waals surface area contributed by atoms with Crippen molar-refractivity contribution in [3.8, 4) is 11.4 Å². The molecular weight excluding hydrogens is 216 g/mol. The molecule has 5 nitrogen and oxygen atoms in total. The van der Waals surface area contributed by atoms with E-state index in [0.29, 0.717) is 11.7 Å². The zero-order valence-electron chi connectivity index (χ0n) is 9.68. The first-order chi connectivity index (χ1) is 8.38. The first kappa shape index (κ1) is 10.4. The lowest BCUT2D eigenvalue weighted by Gasteiger charge is -2.22. The van der Waals surface area contributed by atoms with E-state index in [9.17, 15) is 0 Å². The van der Waals surface area contributed by atoms with Crippen molar-refractivity contribution in [2.45, 2.75) is 19.3 Å². The summed E-state index contributed by atoms with van der Waals surface area (Å²) < 4.78 is 5.30. The molecule has 0 aliphatic carbocycles. The van der Waals surface area contributed by atoms with Gasteiger partial charge in [0, 0.05) is 31.0 Å². The molecule has 0 atom stereocenters. The summed E-state index contributed by atoms with van der Waals surface area (Å²) >= 11 is 0. The van der Waals surface area contributed by atoms with Gasteiger partial charge in [-0.2, -0.15) is 4.98 Å². The number of nitrogens with zero attached hydrogens (tertiary/aromatic N) is 3. The molecule has 2 aromatic rings. The second-order valence-corrected chi connectivity index (χ2v) is 4.20. The van der Waals surface area contributed by atoms with Crippen LogP contribution in [0.1, 0.15) is 24.3 Å². The first-order valence-corrected chi connectivity index (χ1v) is 5.86. The quantitative estimate of drug-likeness (QED) is 0.863. The Labute approximate surface area is 99.3 Å². The van der Waals surface area contributed by atoms with E-state index in [0.717, 1.165) is 36.5 Å². The first-order valence-electron chi connectivity index (χ1n) is 5.86. The van der Waals surface area contributed by atoms with E-state index >= 15 is 0 Å². The van der Waals surface area contributed by atoms with Gasteiger partial charge < -0.3 is 9.84 Å². The fraction of sp³-hybridized carbons (Fsp3) is 0.417. The van der Waals surface area contributed by atoms with Crippen molar-refractivity contribution in [1.29, 1.82) is 0 Å². The van der Waals surface area contributed by atoms with Crippen molar-refractivity contribution >= 4 is 0 Å². The van der Waals surface area contributed by atoms with Crippen molar-refractivity contribution in [3.63, 3.8) is 0 Å². The highest BCUT2D eigenvalue weighted by molar-refractivity contribution is 5.58. The van der Waals surface area contributed by atoms with E-state index < -0.39 is 0 Å². The van der Waals surface area contributed by atoms with Gasteiger partial charge in [0.1, 0.15) is 0 Å². The molecule has 1 aliphatic rings. The normalized spacial score (nSPS) is 15.8. The van der Waals surface area contributed by atoms with Crippen LogP contribution >= 0.6 is 0 Å². The number of hydrogen-bond acceptors (Lipinski definition) is 5. The molecule has 1 N–H and O–H groups in total. The van der Waals surface area contributed by atoms with E-state index in [4.69, 9.17) is 4.52 Å². The maximum absolute atomic E-state index is 5.30. The molecule has 1 saturated heterocycles. The van der Waals surface area contributed by atoms with Gasteiger partial charge in [0.15, 0.2) is 0 Å². The van der Waals surface area contributed by atoms with E-state index in [-0.39, 0.29) is 0 Å². The maximum atomic E-state index is 5.30. The highest BCUT2D eigenvalue weighted by Crippen LogP contribution is 2.24. The summed E-state index contributed by atoms with van der Waals surface area (Å²) in [7, 11) is 0. The molecule has 0 radical (unpaired) electrons. The van der Waals surface area contributed by atoms with Gasteiger partial charge in [-0.3, -0.25) is 4.98 Å². The Balaban J connectivity index is 1.94. The molecule has 0 spiro atoms. The Morgan fingerprint density at radius 2 is 2.35 bits per heavy atom. The van der Waals surface area contributed by atoms with Gasteiger partial charge in [-0.1, -0.05) is 12.1 Å². The van der Waals surface area contributed by atoms with Crippen LogP contribution in [0.2, 0.25) is 0 Å². The molecule has 17 heavy (non-hydrogen) atoms. The summed E-state index contributed by atoms with van der Waals surface area (Å²) in [4.78, 5) is 8.58. The van der Waals surface area contributed by atoms with Gasteiger partial charge in [0.2, 0.25) is 11.7 Å². The second kappa shape index (κ2) is 4.25.